The number of ether oxygens (including phenoxy) is 1. The van der Waals surface area contributed by atoms with Gasteiger partial charge in [-0.1, -0.05) is 6.07 Å². The molecule has 6 nitrogen and oxygen atoms in total. The lowest BCUT2D eigenvalue weighted by Gasteiger charge is -2.33. The number of rotatable bonds is 5. The fourth-order valence-electron chi connectivity index (χ4n) is 2.40. The molecule has 1 N–H and O–H groups in total. The van der Waals surface area contributed by atoms with E-state index in [1.165, 1.54) is 0 Å². The normalized spacial score (nSPS) is 19.8. The summed E-state index contributed by atoms with van der Waals surface area (Å²) in [7, 11) is 0. The fourth-order valence-corrected chi connectivity index (χ4v) is 2.40. The molecular formula is C14H21N3O3. The highest BCUT2D eigenvalue weighted by Crippen LogP contribution is 2.26. The summed E-state index contributed by atoms with van der Waals surface area (Å²) in [5, 5.41) is 14.0. The first-order valence-electron chi connectivity index (χ1n) is 6.94. The molecule has 6 heteroatoms. The summed E-state index contributed by atoms with van der Waals surface area (Å²) >= 11 is 0. The van der Waals surface area contributed by atoms with Gasteiger partial charge in [-0.05, 0) is 25.5 Å². The van der Waals surface area contributed by atoms with Gasteiger partial charge in [0.25, 0.3) is 5.69 Å². The van der Waals surface area contributed by atoms with Gasteiger partial charge in [0, 0.05) is 31.7 Å². The quantitative estimate of drug-likeness (QED) is 0.661. The van der Waals surface area contributed by atoms with Crippen LogP contribution in [-0.4, -0.2) is 42.2 Å². The second-order valence-corrected chi connectivity index (χ2v) is 5.03. The lowest BCUT2D eigenvalue weighted by atomic mass is 10.1. The number of nitrogens with zero attached hydrogens (tertiary/aromatic N) is 2. The second-order valence-electron chi connectivity index (χ2n) is 5.03. The molecule has 0 bridgehead atoms. The maximum Gasteiger partial charge on any atom is 0.292 e. The first kappa shape index (κ1) is 14.7. The number of anilines is 1. The first-order valence-corrected chi connectivity index (χ1v) is 6.94. The van der Waals surface area contributed by atoms with Crippen LogP contribution in [0.3, 0.4) is 0 Å². The van der Waals surface area contributed by atoms with E-state index in [-0.39, 0.29) is 10.6 Å². The molecule has 0 saturated carbocycles. The minimum Gasteiger partial charge on any atom is -0.380 e. The Bertz CT molecular complexity index is 479. The highest BCUT2D eigenvalue weighted by atomic mass is 16.6. The SMILES string of the molecule is CCNc1cc(CN2CCOCC2C)ccc1[N+](=O)[O-]. The predicted molar refractivity (Wildman–Crippen MR) is 78.0 cm³/mol. The Morgan fingerprint density at radius 2 is 2.35 bits per heavy atom. The van der Waals surface area contributed by atoms with Gasteiger partial charge in [-0.25, -0.2) is 0 Å². The van der Waals surface area contributed by atoms with Gasteiger partial charge in [-0.15, -0.1) is 0 Å². The molecule has 0 aliphatic carbocycles. The molecule has 20 heavy (non-hydrogen) atoms. The molecule has 1 aromatic carbocycles. The Labute approximate surface area is 118 Å². The van der Waals surface area contributed by atoms with Gasteiger partial charge in [-0.3, -0.25) is 15.0 Å². The van der Waals surface area contributed by atoms with E-state index >= 15 is 0 Å². The molecule has 2 rings (SSSR count). The summed E-state index contributed by atoms with van der Waals surface area (Å²) in [5.74, 6) is 0. The van der Waals surface area contributed by atoms with E-state index < -0.39 is 0 Å². The summed E-state index contributed by atoms with van der Waals surface area (Å²) in [6.45, 7) is 7.91. The van der Waals surface area contributed by atoms with Crippen LogP contribution < -0.4 is 5.32 Å². The molecule has 0 radical (unpaired) electrons. The van der Waals surface area contributed by atoms with Crippen LogP contribution in [0, 0.1) is 10.1 Å². The van der Waals surface area contributed by atoms with E-state index in [2.05, 4.69) is 17.1 Å². The zero-order valence-electron chi connectivity index (χ0n) is 12.0. The van der Waals surface area contributed by atoms with Crippen LogP contribution in [-0.2, 0) is 11.3 Å². The number of nitrogens with one attached hydrogen (secondary N) is 1. The molecule has 0 aromatic heterocycles. The van der Waals surface area contributed by atoms with Crippen LogP contribution >= 0.6 is 0 Å². The minimum atomic E-state index is -0.348. The van der Waals surface area contributed by atoms with E-state index in [1.54, 1.807) is 6.07 Å². The van der Waals surface area contributed by atoms with E-state index in [1.807, 2.05) is 19.1 Å². The zero-order chi connectivity index (χ0) is 14.5. The molecule has 1 aliphatic heterocycles. The monoisotopic (exact) mass is 279 g/mol. The highest BCUT2D eigenvalue weighted by molar-refractivity contribution is 5.62. The number of morpholine rings is 1. The van der Waals surface area contributed by atoms with Crippen molar-refractivity contribution in [3.8, 4) is 0 Å². The van der Waals surface area contributed by atoms with Crippen molar-refractivity contribution >= 4 is 11.4 Å². The summed E-state index contributed by atoms with van der Waals surface area (Å²) in [5.41, 5.74) is 1.81. The highest BCUT2D eigenvalue weighted by Gasteiger charge is 2.20. The molecule has 1 saturated heterocycles. The second kappa shape index (κ2) is 6.67. The third kappa shape index (κ3) is 3.46. The number of hydrogen-bond acceptors (Lipinski definition) is 5. The smallest absolute Gasteiger partial charge is 0.292 e. The maximum absolute atomic E-state index is 11.0. The molecule has 1 heterocycles. The van der Waals surface area contributed by atoms with Gasteiger partial charge in [0.1, 0.15) is 5.69 Å². The van der Waals surface area contributed by atoms with Crippen molar-refractivity contribution < 1.29 is 9.66 Å². The van der Waals surface area contributed by atoms with Gasteiger partial charge >= 0.3 is 0 Å². The molecule has 0 spiro atoms. The van der Waals surface area contributed by atoms with Crippen LogP contribution in [0.2, 0.25) is 0 Å². The maximum atomic E-state index is 11.0. The summed E-state index contributed by atoms with van der Waals surface area (Å²) in [6, 6.07) is 5.67. The van der Waals surface area contributed by atoms with Gasteiger partial charge in [0.15, 0.2) is 0 Å². The van der Waals surface area contributed by atoms with Crippen molar-refractivity contribution in [3.63, 3.8) is 0 Å². The Morgan fingerprint density at radius 3 is 3.00 bits per heavy atom. The van der Waals surface area contributed by atoms with Gasteiger partial charge in [0.05, 0.1) is 18.1 Å². The molecule has 1 atom stereocenters. The lowest BCUT2D eigenvalue weighted by molar-refractivity contribution is -0.384. The first-order chi connectivity index (χ1) is 9.61. The molecule has 0 amide bonds. The molecule has 1 aliphatic rings. The number of nitro benzene ring substituents is 1. The number of benzene rings is 1. The van der Waals surface area contributed by atoms with Gasteiger partial charge in [0.2, 0.25) is 0 Å². The van der Waals surface area contributed by atoms with Crippen molar-refractivity contribution in [2.75, 3.05) is 31.6 Å². The van der Waals surface area contributed by atoms with E-state index in [9.17, 15) is 10.1 Å². The molecule has 110 valence electrons. The molecule has 1 unspecified atom stereocenters. The van der Waals surface area contributed by atoms with Crippen molar-refractivity contribution in [1.29, 1.82) is 0 Å². The Balaban J connectivity index is 2.15. The zero-order valence-corrected chi connectivity index (χ0v) is 12.0. The Morgan fingerprint density at radius 1 is 1.55 bits per heavy atom. The summed E-state index contributed by atoms with van der Waals surface area (Å²) in [4.78, 5) is 13.0. The van der Waals surface area contributed by atoms with Crippen LogP contribution in [0.5, 0.6) is 0 Å². The number of nitro groups is 1. The van der Waals surface area contributed by atoms with Gasteiger partial charge < -0.3 is 10.1 Å². The third-order valence-corrected chi connectivity index (χ3v) is 3.52. The fraction of sp³-hybridized carbons (Fsp3) is 0.571. The third-order valence-electron chi connectivity index (χ3n) is 3.52. The van der Waals surface area contributed by atoms with Crippen molar-refractivity contribution in [1.82, 2.24) is 4.90 Å². The summed E-state index contributed by atoms with van der Waals surface area (Å²) < 4.78 is 5.42. The van der Waals surface area contributed by atoms with E-state index in [4.69, 9.17) is 4.74 Å². The standard InChI is InChI=1S/C14H21N3O3/c1-3-15-13-8-12(4-5-14(13)17(18)19)9-16-6-7-20-10-11(16)2/h4-5,8,11,15H,3,6-7,9-10H2,1-2H3. The predicted octanol–water partition coefficient (Wildman–Crippen LogP) is 2.25. The molecule has 1 fully saturated rings. The minimum absolute atomic E-state index is 0.130. The summed E-state index contributed by atoms with van der Waals surface area (Å²) in [6.07, 6.45) is 0. The van der Waals surface area contributed by atoms with Crippen LogP contribution in [0.25, 0.3) is 0 Å². The van der Waals surface area contributed by atoms with E-state index in [0.717, 1.165) is 31.9 Å². The molecular weight excluding hydrogens is 258 g/mol. The van der Waals surface area contributed by atoms with Gasteiger partial charge in [-0.2, -0.15) is 0 Å². The van der Waals surface area contributed by atoms with Crippen molar-refractivity contribution in [3.05, 3.63) is 33.9 Å². The largest absolute Gasteiger partial charge is 0.380 e. The topological polar surface area (TPSA) is 67.6 Å². The molecule has 1 aromatic rings. The lowest BCUT2D eigenvalue weighted by Crippen LogP contribution is -2.42. The van der Waals surface area contributed by atoms with Crippen LogP contribution in [0.4, 0.5) is 11.4 Å². The van der Waals surface area contributed by atoms with Crippen LogP contribution in [0.1, 0.15) is 19.4 Å². The average molecular weight is 279 g/mol. The Hall–Kier alpha value is -1.66. The number of hydrogen-bond donors (Lipinski definition) is 1. The average Bonchev–Trinajstić information content (AvgIpc) is 2.42. The Kier molecular flexibility index (Phi) is 4.92. The van der Waals surface area contributed by atoms with Crippen LogP contribution in [0.15, 0.2) is 18.2 Å². The van der Waals surface area contributed by atoms with Crippen molar-refractivity contribution in [2.24, 2.45) is 0 Å². The van der Waals surface area contributed by atoms with E-state index in [0.29, 0.717) is 18.3 Å². The van der Waals surface area contributed by atoms with Crippen molar-refractivity contribution in [2.45, 2.75) is 26.4 Å².